The fraction of sp³-hybridized carbons (Fsp3) is 0.375. The molecule has 1 aromatic carbocycles. The highest BCUT2D eigenvalue weighted by molar-refractivity contribution is 5.95. The van der Waals surface area contributed by atoms with Gasteiger partial charge in [-0.25, -0.2) is 0 Å². The average Bonchev–Trinajstić information content (AvgIpc) is 3.11. The molecule has 0 saturated carbocycles. The van der Waals surface area contributed by atoms with Crippen LogP contribution >= 0.6 is 0 Å². The lowest BCUT2D eigenvalue weighted by molar-refractivity contribution is -0.138. The Balaban J connectivity index is 2.01. The van der Waals surface area contributed by atoms with Gasteiger partial charge in [-0.15, -0.1) is 0 Å². The van der Waals surface area contributed by atoms with Crippen LogP contribution in [0.5, 0.6) is 0 Å². The summed E-state index contributed by atoms with van der Waals surface area (Å²) in [6.45, 7) is 1.64. The third-order valence-corrected chi connectivity index (χ3v) is 4.23. The van der Waals surface area contributed by atoms with E-state index in [2.05, 4.69) is 10.2 Å². The molecule has 8 heteroatoms. The van der Waals surface area contributed by atoms with Crippen molar-refractivity contribution in [1.82, 2.24) is 15.1 Å². The molecule has 5 nitrogen and oxygen atoms in total. The van der Waals surface area contributed by atoms with E-state index in [9.17, 15) is 23.1 Å². The van der Waals surface area contributed by atoms with Gasteiger partial charge in [0.2, 0.25) is 0 Å². The fourth-order valence-electron chi connectivity index (χ4n) is 3.10. The minimum atomic E-state index is -4.52. The maximum absolute atomic E-state index is 13.3. The number of halogens is 3. The van der Waals surface area contributed by atoms with Gasteiger partial charge in [0.15, 0.2) is 0 Å². The number of aromatic amines is 1. The number of hydrogen-bond acceptors (Lipinski definition) is 3. The first-order valence-electron chi connectivity index (χ1n) is 7.44. The molecule has 0 spiro atoms. The molecule has 1 aliphatic rings. The number of β-amino-alcohol motifs (C(OH)–C–C–N with tert-alkyl or cyclic N) is 1. The van der Waals surface area contributed by atoms with Crippen molar-refractivity contribution >= 4 is 5.91 Å². The van der Waals surface area contributed by atoms with E-state index in [0.29, 0.717) is 11.3 Å². The lowest BCUT2D eigenvalue weighted by Crippen LogP contribution is -2.32. The molecule has 1 fully saturated rings. The molecule has 24 heavy (non-hydrogen) atoms. The number of carbonyl (C=O) groups excluding carboxylic acids is 1. The van der Waals surface area contributed by atoms with E-state index in [4.69, 9.17) is 0 Å². The van der Waals surface area contributed by atoms with E-state index in [-0.39, 0.29) is 18.5 Å². The number of nitrogens with one attached hydrogen (secondary N) is 1. The highest BCUT2D eigenvalue weighted by Gasteiger charge is 2.41. The van der Waals surface area contributed by atoms with Crippen molar-refractivity contribution in [2.24, 2.45) is 0 Å². The largest absolute Gasteiger partial charge is 0.416 e. The molecular formula is C16H16F3N3O2. The van der Waals surface area contributed by atoms with Crippen LogP contribution in [0.4, 0.5) is 13.2 Å². The van der Waals surface area contributed by atoms with Crippen LogP contribution in [0, 0.1) is 6.92 Å². The van der Waals surface area contributed by atoms with Crippen molar-refractivity contribution in [2.75, 3.05) is 6.54 Å². The molecule has 3 rings (SSSR count). The van der Waals surface area contributed by atoms with Crippen LogP contribution in [0.1, 0.15) is 39.6 Å². The molecule has 2 aromatic rings. The second-order valence-corrected chi connectivity index (χ2v) is 5.86. The van der Waals surface area contributed by atoms with Gasteiger partial charge in [0.25, 0.3) is 5.91 Å². The second-order valence-electron chi connectivity index (χ2n) is 5.86. The zero-order valence-corrected chi connectivity index (χ0v) is 12.8. The maximum Gasteiger partial charge on any atom is 0.416 e. The zero-order valence-electron chi connectivity index (χ0n) is 12.8. The van der Waals surface area contributed by atoms with Crippen LogP contribution in [0.15, 0.2) is 30.5 Å². The van der Waals surface area contributed by atoms with Gasteiger partial charge in [0, 0.05) is 12.2 Å². The summed E-state index contributed by atoms with van der Waals surface area (Å²) in [5, 5.41) is 16.3. The normalized spacial score (nSPS) is 21.3. The van der Waals surface area contributed by atoms with Gasteiger partial charge in [0.1, 0.15) is 0 Å². The van der Waals surface area contributed by atoms with Crippen LogP contribution in [0.25, 0.3) is 0 Å². The highest BCUT2D eigenvalue weighted by Crippen LogP contribution is 2.40. The Hall–Kier alpha value is -2.35. The number of alkyl halides is 3. The molecule has 1 saturated heterocycles. The number of carbonyl (C=O) groups is 1. The predicted octanol–water partition coefficient (Wildman–Crippen LogP) is 2.69. The van der Waals surface area contributed by atoms with E-state index < -0.39 is 29.8 Å². The summed E-state index contributed by atoms with van der Waals surface area (Å²) in [5.74, 6) is -0.445. The zero-order chi connectivity index (χ0) is 17.5. The van der Waals surface area contributed by atoms with E-state index in [1.54, 1.807) is 6.92 Å². The summed E-state index contributed by atoms with van der Waals surface area (Å²) in [5.41, 5.74) is 0.0321. The smallest absolute Gasteiger partial charge is 0.391 e. The van der Waals surface area contributed by atoms with Crippen molar-refractivity contribution in [3.05, 3.63) is 52.8 Å². The number of H-pyrrole nitrogens is 1. The average molecular weight is 339 g/mol. The third-order valence-electron chi connectivity index (χ3n) is 4.23. The molecule has 2 N–H and O–H groups in total. The van der Waals surface area contributed by atoms with Crippen molar-refractivity contribution in [3.8, 4) is 0 Å². The number of amides is 1. The number of hydrogen-bond donors (Lipinski definition) is 2. The summed E-state index contributed by atoms with van der Waals surface area (Å²) in [7, 11) is 0. The molecule has 0 radical (unpaired) electrons. The van der Waals surface area contributed by atoms with Crippen LogP contribution < -0.4 is 0 Å². The molecule has 1 amide bonds. The number of aliphatic hydroxyl groups excluding tert-OH is 1. The number of nitrogens with zero attached hydrogens (tertiary/aromatic N) is 2. The van der Waals surface area contributed by atoms with E-state index in [1.165, 1.54) is 29.3 Å². The van der Waals surface area contributed by atoms with Crippen LogP contribution in [0.2, 0.25) is 0 Å². The lowest BCUT2D eigenvalue weighted by Gasteiger charge is -2.27. The molecular weight excluding hydrogens is 323 g/mol. The Morgan fingerprint density at radius 2 is 2.08 bits per heavy atom. The standard InChI is InChI=1S/C16H16F3N3O2/c1-9-12(7-20-21-9)15(24)22-8-10(23)6-14(22)11-4-2-3-5-13(11)16(17,18)19/h2-5,7,10,14,23H,6,8H2,1H3,(H,20,21). The van der Waals surface area contributed by atoms with Crippen molar-refractivity contribution in [3.63, 3.8) is 0 Å². The Kier molecular flexibility index (Phi) is 4.08. The maximum atomic E-state index is 13.3. The number of aromatic nitrogens is 2. The molecule has 1 aliphatic heterocycles. The number of aliphatic hydroxyl groups is 1. The van der Waals surface area contributed by atoms with E-state index in [1.807, 2.05) is 0 Å². The first kappa shape index (κ1) is 16.5. The summed E-state index contributed by atoms with van der Waals surface area (Å²) < 4.78 is 39.9. The summed E-state index contributed by atoms with van der Waals surface area (Å²) in [6, 6.07) is 4.32. The van der Waals surface area contributed by atoms with Crippen LogP contribution in [0.3, 0.4) is 0 Å². The Morgan fingerprint density at radius 1 is 1.38 bits per heavy atom. The van der Waals surface area contributed by atoms with Crippen molar-refractivity contribution in [1.29, 1.82) is 0 Å². The Morgan fingerprint density at radius 3 is 2.71 bits per heavy atom. The van der Waals surface area contributed by atoms with Crippen LogP contribution in [-0.4, -0.2) is 38.8 Å². The van der Waals surface area contributed by atoms with E-state index >= 15 is 0 Å². The number of likely N-dealkylation sites (tertiary alicyclic amines) is 1. The van der Waals surface area contributed by atoms with Crippen molar-refractivity contribution < 1.29 is 23.1 Å². The molecule has 128 valence electrons. The third kappa shape index (κ3) is 2.89. The highest BCUT2D eigenvalue weighted by atomic mass is 19.4. The van der Waals surface area contributed by atoms with Gasteiger partial charge < -0.3 is 10.0 Å². The summed E-state index contributed by atoms with van der Waals surface area (Å²) in [6.07, 6.45) is -3.98. The molecule has 2 unspecified atom stereocenters. The first-order valence-corrected chi connectivity index (χ1v) is 7.44. The molecule has 1 aromatic heterocycles. The van der Waals surface area contributed by atoms with Crippen LogP contribution in [-0.2, 0) is 6.18 Å². The quantitative estimate of drug-likeness (QED) is 0.884. The molecule has 0 bridgehead atoms. The predicted molar refractivity (Wildman–Crippen MR) is 79.2 cm³/mol. The van der Waals surface area contributed by atoms with Gasteiger partial charge in [-0.05, 0) is 25.0 Å². The van der Waals surface area contributed by atoms with Gasteiger partial charge in [-0.2, -0.15) is 18.3 Å². The van der Waals surface area contributed by atoms with Gasteiger partial charge >= 0.3 is 6.18 Å². The number of aryl methyl sites for hydroxylation is 1. The number of benzene rings is 1. The Labute approximate surface area is 136 Å². The number of rotatable bonds is 2. The minimum absolute atomic E-state index is 0.00366. The molecule has 2 atom stereocenters. The second kappa shape index (κ2) is 5.94. The lowest BCUT2D eigenvalue weighted by atomic mass is 9.97. The monoisotopic (exact) mass is 339 g/mol. The molecule has 0 aliphatic carbocycles. The molecule has 2 heterocycles. The topological polar surface area (TPSA) is 69.2 Å². The Bertz CT molecular complexity index is 757. The summed E-state index contributed by atoms with van der Waals surface area (Å²) >= 11 is 0. The van der Waals surface area contributed by atoms with E-state index in [0.717, 1.165) is 6.07 Å². The minimum Gasteiger partial charge on any atom is -0.391 e. The first-order chi connectivity index (χ1) is 11.3. The van der Waals surface area contributed by atoms with Gasteiger partial charge in [-0.3, -0.25) is 9.89 Å². The van der Waals surface area contributed by atoms with Gasteiger partial charge in [-0.1, -0.05) is 18.2 Å². The SMILES string of the molecule is Cc1[nH]ncc1C(=O)N1CC(O)CC1c1ccccc1C(F)(F)F. The fourth-order valence-corrected chi connectivity index (χ4v) is 3.10. The van der Waals surface area contributed by atoms with Crippen molar-refractivity contribution in [2.45, 2.75) is 31.7 Å². The van der Waals surface area contributed by atoms with Gasteiger partial charge in [0.05, 0.1) is 29.5 Å². The summed E-state index contributed by atoms with van der Waals surface area (Å²) in [4.78, 5) is 14.0.